The van der Waals surface area contributed by atoms with Crippen molar-refractivity contribution in [3.63, 3.8) is 0 Å². The number of pyridine rings is 1. The first-order chi connectivity index (χ1) is 16.5. The smallest absolute Gasteiger partial charge is 0.265 e. The Morgan fingerprint density at radius 2 is 2.15 bits per heavy atom. The number of nitrogens with zero attached hydrogens (tertiary/aromatic N) is 6. The standard InChI is InChI=1S/C23H22N8O2S/c1-2-18(32)30-10-4-6-15(12-30)31-22-19(21(24)26-13-27-22)20(29-31)16-7-8-17(34-16)23(33)28-14-5-3-9-25-11-14/h2-3,5,7-9,11,13,15H,1,4,6,10,12H2,(H,28,33)(H2,24,26,27)/t15-/m1/s1. The average Bonchev–Trinajstić information content (AvgIpc) is 3.50. The van der Waals surface area contributed by atoms with Crippen LogP contribution in [0.2, 0.25) is 0 Å². The Morgan fingerprint density at radius 3 is 2.94 bits per heavy atom. The lowest BCUT2D eigenvalue weighted by Crippen LogP contribution is -2.40. The van der Waals surface area contributed by atoms with Crippen LogP contribution in [0, 0.1) is 0 Å². The van der Waals surface area contributed by atoms with Gasteiger partial charge >= 0.3 is 0 Å². The predicted molar refractivity (Wildman–Crippen MR) is 130 cm³/mol. The van der Waals surface area contributed by atoms with Crippen molar-refractivity contribution in [2.75, 3.05) is 24.1 Å². The lowest BCUT2D eigenvalue weighted by molar-refractivity contribution is -0.127. The van der Waals surface area contributed by atoms with Crippen LogP contribution < -0.4 is 11.1 Å². The van der Waals surface area contributed by atoms with Crippen LogP contribution in [0.25, 0.3) is 21.6 Å². The van der Waals surface area contributed by atoms with Crippen molar-refractivity contribution in [2.45, 2.75) is 18.9 Å². The zero-order valence-corrected chi connectivity index (χ0v) is 19.0. The highest BCUT2D eigenvalue weighted by Crippen LogP contribution is 2.37. The van der Waals surface area contributed by atoms with Crippen LogP contribution in [0.1, 0.15) is 28.6 Å². The van der Waals surface area contributed by atoms with Crippen molar-refractivity contribution in [3.05, 3.63) is 60.5 Å². The SMILES string of the molecule is C=CC(=O)N1CCC[C@@H](n2nc(-c3ccc(C(=O)Nc4cccnc4)s3)c3c(N)ncnc32)C1. The molecule has 0 bridgehead atoms. The van der Waals surface area contributed by atoms with Crippen molar-refractivity contribution in [2.24, 2.45) is 0 Å². The van der Waals surface area contributed by atoms with Gasteiger partial charge in [-0.25, -0.2) is 14.6 Å². The molecule has 11 heteroatoms. The van der Waals surface area contributed by atoms with Crippen molar-refractivity contribution in [1.29, 1.82) is 0 Å². The topological polar surface area (TPSA) is 132 Å². The number of hydrogen-bond donors (Lipinski definition) is 2. The first-order valence-corrected chi connectivity index (χ1v) is 11.6. The van der Waals surface area contributed by atoms with E-state index in [1.807, 2.05) is 10.7 Å². The van der Waals surface area contributed by atoms with Gasteiger partial charge < -0.3 is 16.0 Å². The number of piperidine rings is 1. The molecule has 0 aromatic carbocycles. The van der Waals surface area contributed by atoms with E-state index >= 15 is 0 Å². The minimum Gasteiger partial charge on any atom is -0.383 e. The van der Waals surface area contributed by atoms with Gasteiger partial charge in [-0.15, -0.1) is 11.3 Å². The number of hydrogen-bond acceptors (Lipinski definition) is 8. The van der Waals surface area contributed by atoms with E-state index in [9.17, 15) is 9.59 Å². The summed E-state index contributed by atoms with van der Waals surface area (Å²) in [4.78, 5) is 40.6. The molecule has 1 saturated heterocycles. The number of nitrogens with two attached hydrogens (primary N) is 1. The third kappa shape index (κ3) is 4.01. The summed E-state index contributed by atoms with van der Waals surface area (Å²) in [6.45, 7) is 4.79. The molecule has 172 valence electrons. The van der Waals surface area contributed by atoms with Gasteiger partial charge in [0.1, 0.15) is 17.8 Å². The van der Waals surface area contributed by atoms with E-state index in [2.05, 4.69) is 26.8 Å². The van der Waals surface area contributed by atoms with Gasteiger partial charge in [-0.2, -0.15) is 5.10 Å². The Bertz CT molecular complexity index is 1380. The first kappa shape index (κ1) is 21.7. The van der Waals surface area contributed by atoms with Crippen LogP contribution in [-0.2, 0) is 4.79 Å². The molecule has 0 spiro atoms. The minimum absolute atomic E-state index is 0.0588. The summed E-state index contributed by atoms with van der Waals surface area (Å²) in [6, 6.07) is 7.07. The molecule has 0 unspecified atom stereocenters. The number of nitrogens with one attached hydrogen (secondary N) is 1. The zero-order chi connectivity index (χ0) is 23.7. The highest BCUT2D eigenvalue weighted by Gasteiger charge is 2.28. The van der Waals surface area contributed by atoms with Crippen LogP contribution in [0.15, 0.2) is 55.6 Å². The molecule has 0 saturated carbocycles. The molecule has 0 radical (unpaired) electrons. The van der Waals surface area contributed by atoms with Crippen LogP contribution in [0.4, 0.5) is 11.5 Å². The fourth-order valence-corrected chi connectivity index (χ4v) is 5.02. The van der Waals surface area contributed by atoms with E-state index in [-0.39, 0.29) is 17.9 Å². The monoisotopic (exact) mass is 474 g/mol. The highest BCUT2D eigenvalue weighted by molar-refractivity contribution is 7.17. The molecular weight excluding hydrogens is 452 g/mol. The second-order valence-electron chi connectivity index (χ2n) is 7.89. The number of anilines is 2. The largest absolute Gasteiger partial charge is 0.383 e. The summed E-state index contributed by atoms with van der Waals surface area (Å²) in [5.74, 6) is -0.0167. The zero-order valence-electron chi connectivity index (χ0n) is 18.2. The maximum absolute atomic E-state index is 12.7. The third-order valence-corrected chi connectivity index (χ3v) is 6.82. The fraction of sp³-hybridized carbons (Fsp3) is 0.217. The molecule has 1 aliphatic heterocycles. The summed E-state index contributed by atoms with van der Waals surface area (Å²) in [6.07, 6.45) is 7.68. The lowest BCUT2D eigenvalue weighted by Gasteiger charge is -2.32. The van der Waals surface area contributed by atoms with E-state index < -0.39 is 0 Å². The molecule has 5 heterocycles. The van der Waals surface area contributed by atoms with Crippen LogP contribution >= 0.6 is 11.3 Å². The van der Waals surface area contributed by atoms with Crippen LogP contribution in [-0.4, -0.2) is 54.5 Å². The van der Waals surface area contributed by atoms with Gasteiger partial charge in [-0.3, -0.25) is 14.6 Å². The van der Waals surface area contributed by atoms with Gasteiger partial charge in [0, 0.05) is 19.3 Å². The van der Waals surface area contributed by atoms with E-state index in [0.29, 0.717) is 46.2 Å². The first-order valence-electron chi connectivity index (χ1n) is 10.8. The van der Waals surface area contributed by atoms with Crippen LogP contribution in [0.3, 0.4) is 0 Å². The highest BCUT2D eigenvalue weighted by atomic mass is 32.1. The van der Waals surface area contributed by atoms with Crippen LogP contribution in [0.5, 0.6) is 0 Å². The molecule has 1 aliphatic rings. The molecule has 10 nitrogen and oxygen atoms in total. The Morgan fingerprint density at radius 1 is 1.26 bits per heavy atom. The number of thiophene rings is 1. The number of carbonyl (C=O) groups excluding carboxylic acids is 2. The Balaban J connectivity index is 1.50. The molecule has 1 fully saturated rings. The summed E-state index contributed by atoms with van der Waals surface area (Å²) >= 11 is 1.31. The second kappa shape index (κ2) is 9.02. The summed E-state index contributed by atoms with van der Waals surface area (Å²) in [7, 11) is 0. The molecule has 1 atom stereocenters. The van der Waals surface area contributed by atoms with Crippen molar-refractivity contribution < 1.29 is 9.59 Å². The van der Waals surface area contributed by atoms with Crippen molar-refractivity contribution in [1.82, 2.24) is 29.6 Å². The number of amides is 2. The molecule has 5 rings (SSSR count). The lowest BCUT2D eigenvalue weighted by atomic mass is 10.1. The number of rotatable bonds is 5. The molecule has 0 aliphatic carbocycles. The van der Waals surface area contributed by atoms with E-state index in [4.69, 9.17) is 10.8 Å². The third-order valence-electron chi connectivity index (χ3n) is 5.73. The van der Waals surface area contributed by atoms with Crippen molar-refractivity contribution >= 4 is 45.7 Å². The summed E-state index contributed by atoms with van der Waals surface area (Å²) in [5, 5.41) is 8.33. The molecule has 4 aromatic heterocycles. The Kier molecular flexibility index (Phi) is 5.76. The van der Waals surface area contributed by atoms with Crippen molar-refractivity contribution in [3.8, 4) is 10.6 Å². The predicted octanol–water partition coefficient (Wildman–Crippen LogP) is 3.13. The van der Waals surface area contributed by atoms with E-state index in [0.717, 1.165) is 17.7 Å². The van der Waals surface area contributed by atoms with Gasteiger partial charge in [0.05, 0.1) is 33.1 Å². The number of aromatic nitrogens is 5. The van der Waals surface area contributed by atoms with Gasteiger partial charge in [0.2, 0.25) is 5.91 Å². The Hall–Kier alpha value is -4.12. The van der Waals surface area contributed by atoms with Gasteiger partial charge in [-0.05, 0) is 43.2 Å². The maximum Gasteiger partial charge on any atom is 0.265 e. The molecular formula is C23H22N8O2S. The summed E-state index contributed by atoms with van der Waals surface area (Å²) < 4.78 is 1.83. The molecule has 34 heavy (non-hydrogen) atoms. The van der Waals surface area contributed by atoms with Gasteiger partial charge in [-0.1, -0.05) is 6.58 Å². The molecule has 2 amide bonds. The molecule has 3 N–H and O–H groups in total. The quantitative estimate of drug-likeness (QED) is 0.425. The second-order valence-corrected chi connectivity index (χ2v) is 8.98. The summed E-state index contributed by atoms with van der Waals surface area (Å²) in [5.41, 5.74) is 8.08. The Labute approximate surface area is 199 Å². The van der Waals surface area contributed by atoms with E-state index in [1.165, 1.54) is 23.7 Å². The number of fused-ring (bicyclic) bond motifs is 1. The number of nitrogen functional groups attached to an aromatic ring is 1. The average molecular weight is 475 g/mol. The normalized spacial score (nSPS) is 15.9. The molecule has 4 aromatic rings. The minimum atomic E-state index is -0.233. The maximum atomic E-state index is 12.7. The van der Waals surface area contributed by atoms with Gasteiger partial charge in [0.25, 0.3) is 5.91 Å². The van der Waals surface area contributed by atoms with Gasteiger partial charge in [0.15, 0.2) is 5.65 Å². The fourth-order valence-electron chi connectivity index (χ4n) is 4.12. The number of carbonyl (C=O) groups is 2. The number of likely N-dealkylation sites (tertiary alicyclic amines) is 1. The van der Waals surface area contributed by atoms with E-state index in [1.54, 1.807) is 35.5 Å².